The predicted octanol–water partition coefficient (Wildman–Crippen LogP) is 5.12. The molecule has 0 aliphatic carbocycles. The summed E-state index contributed by atoms with van der Waals surface area (Å²) in [6, 6.07) is 13.8. The first-order chi connectivity index (χ1) is 12.4. The lowest BCUT2D eigenvalue weighted by Gasteiger charge is -2.17. The van der Waals surface area contributed by atoms with Gasteiger partial charge in [-0.1, -0.05) is 25.1 Å². The summed E-state index contributed by atoms with van der Waals surface area (Å²) in [5, 5.41) is 0. The molecule has 0 aliphatic heterocycles. The lowest BCUT2D eigenvalue weighted by molar-refractivity contribution is 0.296. The van der Waals surface area contributed by atoms with Crippen LogP contribution >= 0.6 is 18.2 Å². The zero-order valence-corrected chi connectivity index (χ0v) is 17.1. The van der Waals surface area contributed by atoms with E-state index in [1.165, 1.54) is 24.3 Å². The van der Waals surface area contributed by atoms with Crippen molar-refractivity contribution in [1.29, 1.82) is 0 Å². The van der Waals surface area contributed by atoms with Crippen molar-refractivity contribution in [3.8, 4) is 11.5 Å². The van der Waals surface area contributed by atoms with Crippen LogP contribution in [0.25, 0.3) is 0 Å². The van der Waals surface area contributed by atoms with E-state index >= 15 is 0 Å². The van der Waals surface area contributed by atoms with Crippen molar-refractivity contribution in [2.45, 2.75) is 25.2 Å². The number of para-hydroxylation sites is 1. The van der Waals surface area contributed by atoms with Crippen molar-refractivity contribution in [3.63, 3.8) is 0 Å². The fourth-order valence-corrected chi connectivity index (χ4v) is 6.29. The van der Waals surface area contributed by atoms with E-state index in [2.05, 4.69) is 0 Å². The molecule has 0 amide bonds. The number of hydrogen-bond acceptors (Lipinski definition) is 7. The van der Waals surface area contributed by atoms with Crippen LogP contribution < -0.4 is 8.71 Å². The molecule has 26 heavy (non-hydrogen) atoms. The molecule has 0 spiro atoms. The minimum atomic E-state index is -3.96. The van der Waals surface area contributed by atoms with Crippen molar-refractivity contribution in [3.05, 3.63) is 54.6 Å². The minimum Gasteiger partial charge on any atom is -0.417 e. The van der Waals surface area contributed by atoms with E-state index in [4.69, 9.17) is 13.2 Å². The molecule has 0 bridgehead atoms. The second-order valence-corrected chi connectivity index (χ2v) is 10.8. The Morgan fingerprint density at radius 1 is 0.962 bits per heavy atom. The zero-order valence-electron chi connectivity index (χ0n) is 14.5. The van der Waals surface area contributed by atoms with Crippen molar-refractivity contribution < 1.29 is 26.2 Å². The summed E-state index contributed by atoms with van der Waals surface area (Å²) in [5.74, 6) is 1.13. The molecule has 0 radical (unpaired) electrons. The van der Waals surface area contributed by atoms with Crippen LogP contribution in [0.1, 0.15) is 20.3 Å². The Hall–Kier alpha value is -1.47. The second kappa shape index (κ2) is 9.46. The maximum atomic E-state index is 12.6. The maximum Gasteiger partial charge on any atom is 0.440 e. The van der Waals surface area contributed by atoms with E-state index in [1.807, 2.05) is 6.92 Å². The van der Waals surface area contributed by atoms with Gasteiger partial charge in [-0.25, -0.2) is 4.57 Å². The Bertz CT molecular complexity index is 837. The van der Waals surface area contributed by atoms with Crippen LogP contribution in [0, 0.1) is 0 Å². The van der Waals surface area contributed by atoms with Crippen LogP contribution in [0.5, 0.6) is 11.5 Å². The summed E-state index contributed by atoms with van der Waals surface area (Å²) in [6.07, 6.45) is 0.832. The molecule has 0 N–H and O–H groups in total. The summed E-state index contributed by atoms with van der Waals surface area (Å²) >= 11 is 1.12. The number of hydrogen-bond donors (Lipinski definition) is 0. The fraction of sp³-hybridized carbons (Fsp3) is 0.294. The van der Waals surface area contributed by atoms with E-state index in [0.717, 1.165) is 17.8 Å². The van der Waals surface area contributed by atoms with Gasteiger partial charge < -0.3 is 8.71 Å². The standard InChI is InChI=1S/C17H21O6PS2/c1-3-14-25-24(18,21-4-2)22-15-10-12-17(13-11-15)26(19,20)23-16-8-6-5-7-9-16/h5-13H,3-4,14H2,1-2H3. The lowest BCUT2D eigenvalue weighted by Crippen LogP contribution is -2.09. The first-order valence-corrected chi connectivity index (χ1v) is 12.6. The second-order valence-electron chi connectivity index (χ2n) is 5.11. The average Bonchev–Trinajstić information content (AvgIpc) is 2.61. The van der Waals surface area contributed by atoms with Gasteiger partial charge in [-0.2, -0.15) is 8.42 Å². The first-order valence-electron chi connectivity index (χ1n) is 8.07. The van der Waals surface area contributed by atoms with Crippen molar-refractivity contribution in [2.24, 2.45) is 0 Å². The Balaban J connectivity index is 2.12. The zero-order chi connectivity index (χ0) is 19.0. The molecule has 0 aromatic heterocycles. The monoisotopic (exact) mass is 416 g/mol. The molecular formula is C17H21O6PS2. The first kappa shape index (κ1) is 20.8. The van der Waals surface area contributed by atoms with E-state index in [0.29, 0.717) is 5.75 Å². The summed E-state index contributed by atoms with van der Waals surface area (Å²) in [5.41, 5.74) is 0. The maximum absolute atomic E-state index is 12.6. The van der Waals surface area contributed by atoms with E-state index in [-0.39, 0.29) is 23.0 Å². The molecule has 0 heterocycles. The van der Waals surface area contributed by atoms with E-state index in [1.54, 1.807) is 37.3 Å². The van der Waals surface area contributed by atoms with Crippen LogP contribution in [0.3, 0.4) is 0 Å². The van der Waals surface area contributed by atoms with Crippen molar-refractivity contribution in [2.75, 3.05) is 12.4 Å². The predicted molar refractivity (Wildman–Crippen MR) is 103 cm³/mol. The molecule has 6 nitrogen and oxygen atoms in total. The van der Waals surface area contributed by atoms with Gasteiger partial charge in [0.05, 0.1) is 6.61 Å². The fourth-order valence-electron chi connectivity index (χ4n) is 1.90. The summed E-state index contributed by atoms with van der Waals surface area (Å²) in [6.45, 7) is 0.626. The summed E-state index contributed by atoms with van der Waals surface area (Å²) in [7, 11) is -3.96. The topological polar surface area (TPSA) is 78.9 Å². The van der Waals surface area contributed by atoms with Crippen LogP contribution in [0.15, 0.2) is 59.5 Å². The third-order valence-corrected chi connectivity index (χ3v) is 8.23. The molecule has 2 aromatic carbocycles. The van der Waals surface area contributed by atoms with Gasteiger partial charge in [0.15, 0.2) is 0 Å². The molecule has 1 unspecified atom stereocenters. The highest BCUT2D eigenvalue weighted by Crippen LogP contribution is 2.60. The molecule has 9 heteroatoms. The van der Waals surface area contributed by atoms with Crippen molar-refractivity contribution in [1.82, 2.24) is 0 Å². The van der Waals surface area contributed by atoms with Gasteiger partial charge in [0.2, 0.25) is 0 Å². The molecule has 0 aliphatic rings. The van der Waals surface area contributed by atoms with Crippen LogP contribution in [-0.2, 0) is 19.2 Å². The van der Waals surface area contributed by atoms with Gasteiger partial charge in [-0.15, -0.1) is 0 Å². The largest absolute Gasteiger partial charge is 0.440 e. The van der Waals surface area contributed by atoms with Crippen LogP contribution in [0.4, 0.5) is 0 Å². The Labute approximate surface area is 158 Å². The molecule has 1 atom stereocenters. The smallest absolute Gasteiger partial charge is 0.417 e. The molecule has 0 saturated carbocycles. The van der Waals surface area contributed by atoms with Gasteiger partial charge in [-0.05, 0) is 61.1 Å². The molecular weight excluding hydrogens is 395 g/mol. The number of benzene rings is 2. The highest BCUT2D eigenvalue weighted by atomic mass is 32.7. The normalized spacial score (nSPS) is 13.8. The molecule has 2 aromatic rings. The molecule has 0 fully saturated rings. The third kappa shape index (κ3) is 6.06. The van der Waals surface area contributed by atoms with E-state index < -0.39 is 16.9 Å². The van der Waals surface area contributed by atoms with Crippen LogP contribution in [-0.4, -0.2) is 20.8 Å². The Kier molecular flexibility index (Phi) is 7.58. The highest BCUT2D eigenvalue weighted by Gasteiger charge is 2.27. The lowest BCUT2D eigenvalue weighted by atomic mass is 10.3. The molecule has 0 saturated heterocycles. The van der Waals surface area contributed by atoms with Gasteiger partial charge in [-0.3, -0.25) is 4.52 Å². The third-order valence-electron chi connectivity index (χ3n) is 3.02. The number of rotatable bonds is 10. The highest BCUT2D eigenvalue weighted by molar-refractivity contribution is 8.55. The van der Waals surface area contributed by atoms with Gasteiger partial charge in [0, 0.05) is 5.75 Å². The Morgan fingerprint density at radius 2 is 1.62 bits per heavy atom. The molecule has 2 rings (SSSR count). The van der Waals surface area contributed by atoms with Gasteiger partial charge in [0.1, 0.15) is 16.4 Å². The average molecular weight is 416 g/mol. The SMILES string of the molecule is CCCSP(=O)(OCC)Oc1ccc(S(=O)(=O)Oc2ccccc2)cc1. The summed E-state index contributed by atoms with van der Waals surface area (Å²) < 4.78 is 53.1. The minimum absolute atomic E-state index is 0.0267. The molecule has 142 valence electrons. The quantitative estimate of drug-likeness (QED) is 0.393. The van der Waals surface area contributed by atoms with Crippen LogP contribution in [0.2, 0.25) is 0 Å². The van der Waals surface area contributed by atoms with Gasteiger partial charge >= 0.3 is 16.9 Å². The van der Waals surface area contributed by atoms with Crippen molar-refractivity contribution >= 4 is 28.3 Å². The summed E-state index contributed by atoms with van der Waals surface area (Å²) in [4.78, 5) is -0.0267. The van der Waals surface area contributed by atoms with E-state index in [9.17, 15) is 13.0 Å². The Morgan fingerprint density at radius 3 is 2.19 bits per heavy atom. The van der Waals surface area contributed by atoms with Gasteiger partial charge in [0.25, 0.3) is 0 Å².